The summed E-state index contributed by atoms with van der Waals surface area (Å²) in [4.78, 5) is 14.5. The second kappa shape index (κ2) is 7.35. The van der Waals surface area contributed by atoms with E-state index < -0.39 is 5.97 Å². The van der Waals surface area contributed by atoms with Crippen LogP contribution in [0.5, 0.6) is 0 Å². The molecule has 4 nitrogen and oxygen atoms in total. The highest BCUT2D eigenvalue weighted by molar-refractivity contribution is 5.66. The standard InChI is InChI=1S/C10H20N2O2/c1-8(2)11-7-12-9(3)5-4-6-10(13)14/h7-9H,4-6H2,1-3H3,(H,11,12)(H,13,14)/t9-/m0/s1. The number of hydrogen-bond donors (Lipinski definition) is 2. The van der Waals surface area contributed by atoms with Gasteiger partial charge in [-0.3, -0.25) is 9.79 Å². The highest BCUT2D eigenvalue weighted by Crippen LogP contribution is 2.03. The molecule has 14 heavy (non-hydrogen) atoms. The molecular weight excluding hydrogens is 180 g/mol. The number of aliphatic imine (C=N–C) groups is 1. The summed E-state index contributed by atoms with van der Waals surface area (Å²) < 4.78 is 0. The van der Waals surface area contributed by atoms with Gasteiger partial charge in [0.2, 0.25) is 0 Å². The molecule has 0 bridgehead atoms. The van der Waals surface area contributed by atoms with E-state index in [1.54, 1.807) is 6.34 Å². The Morgan fingerprint density at radius 2 is 2.14 bits per heavy atom. The maximum Gasteiger partial charge on any atom is 0.303 e. The Bertz CT molecular complexity index is 191. The van der Waals surface area contributed by atoms with Gasteiger partial charge in [-0.1, -0.05) is 0 Å². The molecular formula is C10H20N2O2. The van der Waals surface area contributed by atoms with Crippen molar-refractivity contribution in [1.29, 1.82) is 0 Å². The van der Waals surface area contributed by atoms with Gasteiger partial charge in [-0.25, -0.2) is 0 Å². The van der Waals surface area contributed by atoms with Gasteiger partial charge in [0.25, 0.3) is 0 Å². The predicted molar refractivity (Wildman–Crippen MR) is 57.7 cm³/mol. The third-order valence-electron chi connectivity index (χ3n) is 1.75. The summed E-state index contributed by atoms with van der Waals surface area (Å²) in [7, 11) is 0. The summed E-state index contributed by atoms with van der Waals surface area (Å²) in [5, 5.41) is 11.5. The molecule has 0 fully saturated rings. The van der Waals surface area contributed by atoms with Gasteiger partial charge in [-0.15, -0.1) is 0 Å². The topological polar surface area (TPSA) is 61.7 Å². The number of aliphatic carboxylic acids is 1. The van der Waals surface area contributed by atoms with E-state index in [0.717, 1.165) is 6.42 Å². The van der Waals surface area contributed by atoms with Crippen LogP contribution in [0.15, 0.2) is 4.99 Å². The second-order valence-corrected chi connectivity index (χ2v) is 3.73. The van der Waals surface area contributed by atoms with Crippen LogP contribution < -0.4 is 5.32 Å². The Balaban J connectivity index is 3.49. The van der Waals surface area contributed by atoms with Crippen LogP contribution in [-0.2, 0) is 4.79 Å². The number of nitrogens with zero attached hydrogens (tertiary/aromatic N) is 1. The summed E-state index contributed by atoms with van der Waals surface area (Å²) in [6.45, 7) is 6.07. The maximum atomic E-state index is 10.2. The van der Waals surface area contributed by atoms with Crippen molar-refractivity contribution < 1.29 is 9.90 Å². The molecule has 0 aromatic rings. The second-order valence-electron chi connectivity index (χ2n) is 3.73. The van der Waals surface area contributed by atoms with Gasteiger partial charge in [0.15, 0.2) is 0 Å². The average Bonchev–Trinajstić information content (AvgIpc) is 2.02. The van der Waals surface area contributed by atoms with Crippen molar-refractivity contribution in [2.45, 2.75) is 52.1 Å². The first-order chi connectivity index (χ1) is 6.52. The number of carboxylic acids is 1. The number of rotatable bonds is 7. The molecule has 0 radical (unpaired) electrons. The zero-order valence-electron chi connectivity index (χ0n) is 9.16. The summed E-state index contributed by atoms with van der Waals surface area (Å²) in [5.41, 5.74) is 0. The predicted octanol–water partition coefficient (Wildman–Crippen LogP) is 1.66. The molecule has 0 aliphatic carbocycles. The van der Waals surface area contributed by atoms with E-state index in [2.05, 4.69) is 10.3 Å². The lowest BCUT2D eigenvalue weighted by Gasteiger charge is -2.06. The third kappa shape index (κ3) is 9.03. The Labute approximate surface area is 85.4 Å². The first-order valence-electron chi connectivity index (χ1n) is 5.02. The highest BCUT2D eigenvalue weighted by atomic mass is 16.4. The monoisotopic (exact) mass is 200 g/mol. The van der Waals surface area contributed by atoms with Crippen molar-refractivity contribution in [1.82, 2.24) is 5.32 Å². The summed E-state index contributed by atoms with van der Waals surface area (Å²) in [5.74, 6) is -0.735. The first kappa shape index (κ1) is 12.9. The number of nitrogens with one attached hydrogen (secondary N) is 1. The van der Waals surface area contributed by atoms with Gasteiger partial charge >= 0.3 is 5.97 Å². The van der Waals surface area contributed by atoms with Crippen LogP contribution in [0.25, 0.3) is 0 Å². The molecule has 0 aromatic carbocycles. The molecule has 0 rings (SSSR count). The fraction of sp³-hybridized carbons (Fsp3) is 0.800. The fourth-order valence-corrected chi connectivity index (χ4v) is 0.943. The SMILES string of the molecule is CC(C)NC=N[C@@H](C)CCCC(=O)O. The molecule has 0 spiro atoms. The molecule has 1 atom stereocenters. The van der Waals surface area contributed by atoms with Crippen LogP contribution in [0.4, 0.5) is 0 Å². The zero-order valence-corrected chi connectivity index (χ0v) is 9.16. The Morgan fingerprint density at radius 1 is 1.50 bits per heavy atom. The summed E-state index contributed by atoms with van der Waals surface area (Å²) >= 11 is 0. The van der Waals surface area contributed by atoms with E-state index in [0.29, 0.717) is 12.5 Å². The van der Waals surface area contributed by atoms with Crippen LogP contribution >= 0.6 is 0 Å². The van der Waals surface area contributed by atoms with Crippen LogP contribution in [0.1, 0.15) is 40.0 Å². The molecule has 0 saturated heterocycles. The lowest BCUT2D eigenvalue weighted by molar-refractivity contribution is -0.137. The van der Waals surface area contributed by atoms with E-state index in [-0.39, 0.29) is 12.5 Å². The van der Waals surface area contributed by atoms with Gasteiger partial charge in [-0.05, 0) is 33.6 Å². The van der Waals surface area contributed by atoms with E-state index >= 15 is 0 Å². The molecule has 4 heteroatoms. The van der Waals surface area contributed by atoms with Crippen LogP contribution in [0.2, 0.25) is 0 Å². The minimum Gasteiger partial charge on any atom is -0.481 e. The van der Waals surface area contributed by atoms with Crippen molar-refractivity contribution >= 4 is 12.3 Å². The molecule has 0 aliphatic heterocycles. The lowest BCUT2D eigenvalue weighted by Crippen LogP contribution is -2.21. The van der Waals surface area contributed by atoms with Crippen molar-refractivity contribution in [3.8, 4) is 0 Å². The smallest absolute Gasteiger partial charge is 0.303 e. The van der Waals surface area contributed by atoms with Gasteiger partial charge in [0, 0.05) is 18.5 Å². The lowest BCUT2D eigenvalue weighted by atomic mass is 10.1. The van der Waals surface area contributed by atoms with E-state index in [1.165, 1.54) is 0 Å². The van der Waals surface area contributed by atoms with Crippen LogP contribution in [0.3, 0.4) is 0 Å². The van der Waals surface area contributed by atoms with Gasteiger partial charge in [0.05, 0.1) is 6.34 Å². The van der Waals surface area contributed by atoms with E-state index in [4.69, 9.17) is 5.11 Å². The third-order valence-corrected chi connectivity index (χ3v) is 1.75. The van der Waals surface area contributed by atoms with Gasteiger partial charge in [-0.2, -0.15) is 0 Å². The number of carboxylic acid groups (broad SMARTS) is 1. The average molecular weight is 200 g/mol. The minimum absolute atomic E-state index is 0.195. The molecule has 0 unspecified atom stereocenters. The van der Waals surface area contributed by atoms with E-state index in [1.807, 2.05) is 20.8 Å². The van der Waals surface area contributed by atoms with Crippen molar-refractivity contribution in [3.63, 3.8) is 0 Å². The normalized spacial score (nSPS) is 13.4. The molecule has 2 N–H and O–H groups in total. The molecule has 0 aromatic heterocycles. The summed E-state index contributed by atoms with van der Waals surface area (Å²) in [6, 6.07) is 0.588. The van der Waals surface area contributed by atoms with Crippen LogP contribution in [0, 0.1) is 0 Å². The highest BCUT2D eigenvalue weighted by Gasteiger charge is 2.01. The van der Waals surface area contributed by atoms with Crippen molar-refractivity contribution in [2.24, 2.45) is 4.99 Å². The first-order valence-corrected chi connectivity index (χ1v) is 5.02. The number of carbonyl (C=O) groups is 1. The minimum atomic E-state index is -0.735. The van der Waals surface area contributed by atoms with Gasteiger partial charge < -0.3 is 10.4 Å². The molecule has 0 aliphatic rings. The van der Waals surface area contributed by atoms with Crippen LogP contribution in [-0.4, -0.2) is 29.5 Å². The Morgan fingerprint density at radius 3 is 2.64 bits per heavy atom. The fourth-order valence-electron chi connectivity index (χ4n) is 0.943. The van der Waals surface area contributed by atoms with Crippen molar-refractivity contribution in [3.05, 3.63) is 0 Å². The number of hydrogen-bond acceptors (Lipinski definition) is 2. The molecule has 0 heterocycles. The maximum absolute atomic E-state index is 10.2. The van der Waals surface area contributed by atoms with Crippen molar-refractivity contribution in [2.75, 3.05) is 0 Å². The Kier molecular flexibility index (Phi) is 6.80. The molecule has 82 valence electrons. The summed E-state index contributed by atoms with van der Waals surface area (Å²) in [6.07, 6.45) is 3.45. The zero-order chi connectivity index (χ0) is 11.0. The molecule has 0 amide bonds. The largest absolute Gasteiger partial charge is 0.481 e. The van der Waals surface area contributed by atoms with E-state index in [9.17, 15) is 4.79 Å². The molecule has 0 saturated carbocycles. The quantitative estimate of drug-likeness (QED) is 0.485. The van der Waals surface area contributed by atoms with Gasteiger partial charge in [0.1, 0.15) is 0 Å². The Hall–Kier alpha value is -1.06.